The number of aryl methyl sites for hydroxylation is 1. The van der Waals surface area contributed by atoms with Crippen LogP contribution in [0.4, 0.5) is 5.82 Å². The van der Waals surface area contributed by atoms with Crippen LogP contribution in [-0.4, -0.2) is 35.5 Å². The zero-order valence-electron chi connectivity index (χ0n) is 8.17. The van der Waals surface area contributed by atoms with Crippen LogP contribution in [0.5, 0.6) is 0 Å². The number of amidine groups is 1. The molecule has 1 aromatic rings. The minimum Gasteiger partial charge on any atom is -0.409 e. The maximum absolute atomic E-state index is 11.0. The first-order valence-electron chi connectivity index (χ1n) is 3.83. The summed E-state index contributed by atoms with van der Waals surface area (Å²) in [6, 6.07) is 0. The van der Waals surface area contributed by atoms with E-state index in [1.165, 1.54) is 17.9 Å². The van der Waals surface area contributed by atoms with Crippen molar-refractivity contribution in [2.75, 3.05) is 11.0 Å². The summed E-state index contributed by atoms with van der Waals surface area (Å²) in [6.45, 7) is 0. The third-order valence-electron chi connectivity index (χ3n) is 1.60. The van der Waals surface area contributed by atoms with Crippen LogP contribution in [0.2, 0.25) is 0 Å². The van der Waals surface area contributed by atoms with Crippen LogP contribution in [-0.2, 0) is 17.1 Å². The molecule has 1 aromatic heterocycles. The van der Waals surface area contributed by atoms with Crippen molar-refractivity contribution in [2.45, 2.75) is 0 Å². The van der Waals surface area contributed by atoms with E-state index in [0.29, 0.717) is 0 Å². The van der Waals surface area contributed by atoms with E-state index >= 15 is 0 Å². The van der Waals surface area contributed by atoms with Gasteiger partial charge in [-0.25, -0.2) is 8.42 Å². The number of oxime groups is 1. The van der Waals surface area contributed by atoms with Gasteiger partial charge in [-0.15, -0.1) is 0 Å². The van der Waals surface area contributed by atoms with Crippen molar-refractivity contribution in [3.8, 4) is 0 Å². The Morgan fingerprint density at radius 3 is 2.80 bits per heavy atom. The lowest BCUT2D eigenvalue weighted by molar-refractivity contribution is 0.318. The van der Waals surface area contributed by atoms with Gasteiger partial charge in [-0.05, 0) is 0 Å². The molecule has 0 spiro atoms. The highest BCUT2D eigenvalue weighted by atomic mass is 32.2. The highest BCUT2D eigenvalue weighted by molar-refractivity contribution is 7.92. The second kappa shape index (κ2) is 3.77. The number of anilines is 1. The van der Waals surface area contributed by atoms with Gasteiger partial charge in [0.25, 0.3) is 0 Å². The van der Waals surface area contributed by atoms with E-state index in [1.807, 2.05) is 0 Å². The Kier molecular flexibility index (Phi) is 2.84. The quantitative estimate of drug-likeness (QED) is 0.264. The van der Waals surface area contributed by atoms with Gasteiger partial charge in [0.1, 0.15) is 5.82 Å². The number of hydrogen-bond donors (Lipinski definition) is 3. The molecule has 0 aliphatic rings. The average Bonchev–Trinajstić information content (AvgIpc) is 2.45. The van der Waals surface area contributed by atoms with Gasteiger partial charge in [-0.3, -0.25) is 9.40 Å². The van der Waals surface area contributed by atoms with E-state index in [1.54, 1.807) is 0 Å². The molecule has 15 heavy (non-hydrogen) atoms. The molecule has 4 N–H and O–H groups in total. The molecule has 0 aliphatic heterocycles. The summed E-state index contributed by atoms with van der Waals surface area (Å²) < 4.78 is 25.5. The van der Waals surface area contributed by atoms with E-state index in [9.17, 15) is 8.42 Å². The SMILES string of the molecule is Cn1ncc(C(N)=NO)c1NS(C)(=O)=O. The first-order valence-corrected chi connectivity index (χ1v) is 5.72. The third kappa shape index (κ3) is 2.59. The minimum absolute atomic E-state index is 0.146. The molecule has 0 saturated heterocycles. The van der Waals surface area contributed by atoms with Gasteiger partial charge in [-0.1, -0.05) is 5.16 Å². The largest absolute Gasteiger partial charge is 0.409 e. The van der Waals surface area contributed by atoms with Crippen molar-refractivity contribution in [2.24, 2.45) is 17.9 Å². The Bertz CT molecular complexity index is 489. The summed E-state index contributed by atoms with van der Waals surface area (Å²) >= 11 is 0. The second-order valence-electron chi connectivity index (χ2n) is 2.89. The third-order valence-corrected chi connectivity index (χ3v) is 2.17. The van der Waals surface area contributed by atoms with Crippen LogP contribution in [0.3, 0.4) is 0 Å². The van der Waals surface area contributed by atoms with Crippen LogP contribution in [0.25, 0.3) is 0 Å². The lowest BCUT2D eigenvalue weighted by atomic mass is 10.3. The molecule has 0 aromatic carbocycles. The molecule has 9 heteroatoms. The van der Waals surface area contributed by atoms with Crippen LogP contribution >= 0.6 is 0 Å². The van der Waals surface area contributed by atoms with Crippen LogP contribution < -0.4 is 10.5 Å². The molecule has 0 fully saturated rings. The van der Waals surface area contributed by atoms with E-state index in [4.69, 9.17) is 10.9 Å². The van der Waals surface area contributed by atoms with Crippen molar-refractivity contribution < 1.29 is 13.6 Å². The molecule has 1 rings (SSSR count). The molecule has 0 bridgehead atoms. The predicted molar refractivity (Wildman–Crippen MR) is 54.2 cm³/mol. The van der Waals surface area contributed by atoms with Gasteiger partial charge in [-0.2, -0.15) is 5.10 Å². The van der Waals surface area contributed by atoms with Gasteiger partial charge < -0.3 is 10.9 Å². The monoisotopic (exact) mass is 233 g/mol. The predicted octanol–water partition coefficient (Wildman–Crippen LogP) is -1.11. The zero-order valence-corrected chi connectivity index (χ0v) is 8.98. The summed E-state index contributed by atoms with van der Waals surface area (Å²) in [6.07, 6.45) is 2.29. The van der Waals surface area contributed by atoms with Gasteiger partial charge in [0, 0.05) is 7.05 Å². The highest BCUT2D eigenvalue weighted by Crippen LogP contribution is 2.14. The molecular formula is C6H11N5O3S. The standard InChI is InChI=1S/C6H11N5O3S/c1-11-6(10-15(2,13)14)4(3-8-11)5(7)9-12/h3,10,12H,1-2H3,(H2,7,9). The normalized spacial score (nSPS) is 12.8. The summed E-state index contributed by atoms with van der Waals surface area (Å²) in [5.41, 5.74) is 5.55. The fraction of sp³-hybridized carbons (Fsp3) is 0.333. The number of nitrogens with zero attached hydrogens (tertiary/aromatic N) is 3. The Morgan fingerprint density at radius 1 is 1.73 bits per heavy atom. The molecule has 0 unspecified atom stereocenters. The first kappa shape index (κ1) is 11.3. The lowest BCUT2D eigenvalue weighted by Crippen LogP contribution is -2.19. The summed E-state index contributed by atoms with van der Waals surface area (Å²) in [7, 11) is -1.91. The smallest absolute Gasteiger partial charge is 0.230 e. The minimum atomic E-state index is -3.44. The number of nitrogens with one attached hydrogen (secondary N) is 1. The van der Waals surface area contributed by atoms with Gasteiger partial charge in [0.05, 0.1) is 18.0 Å². The van der Waals surface area contributed by atoms with Crippen molar-refractivity contribution in [1.82, 2.24) is 9.78 Å². The lowest BCUT2D eigenvalue weighted by Gasteiger charge is -2.06. The molecule has 8 nitrogen and oxygen atoms in total. The van der Waals surface area contributed by atoms with Crippen LogP contribution in [0.1, 0.15) is 5.56 Å². The fourth-order valence-electron chi connectivity index (χ4n) is 0.975. The molecule has 0 amide bonds. The molecular weight excluding hydrogens is 222 g/mol. The zero-order chi connectivity index (χ0) is 11.6. The van der Waals surface area contributed by atoms with Crippen LogP contribution in [0.15, 0.2) is 11.4 Å². The van der Waals surface area contributed by atoms with E-state index in [-0.39, 0.29) is 17.2 Å². The maximum atomic E-state index is 11.0. The second-order valence-corrected chi connectivity index (χ2v) is 4.64. The summed E-state index contributed by atoms with van der Waals surface area (Å²) in [5.74, 6) is -0.0675. The van der Waals surface area contributed by atoms with E-state index in [2.05, 4.69) is 15.0 Å². The van der Waals surface area contributed by atoms with Gasteiger partial charge in [0.15, 0.2) is 5.84 Å². The van der Waals surface area contributed by atoms with Gasteiger partial charge >= 0.3 is 0 Å². The van der Waals surface area contributed by atoms with Crippen molar-refractivity contribution >= 4 is 21.7 Å². The maximum Gasteiger partial charge on any atom is 0.230 e. The Morgan fingerprint density at radius 2 is 2.33 bits per heavy atom. The summed E-state index contributed by atoms with van der Waals surface area (Å²) in [4.78, 5) is 0. The molecule has 0 aliphatic carbocycles. The first-order chi connectivity index (χ1) is 6.85. The highest BCUT2D eigenvalue weighted by Gasteiger charge is 2.15. The topological polar surface area (TPSA) is 123 Å². The number of aromatic nitrogens is 2. The number of rotatable bonds is 3. The number of hydrogen-bond acceptors (Lipinski definition) is 5. The average molecular weight is 233 g/mol. The molecule has 0 atom stereocenters. The Balaban J connectivity index is 3.22. The molecule has 84 valence electrons. The Hall–Kier alpha value is -1.77. The van der Waals surface area contributed by atoms with E-state index < -0.39 is 10.0 Å². The Labute approximate surface area is 86.4 Å². The fourth-order valence-corrected chi connectivity index (χ4v) is 1.57. The van der Waals surface area contributed by atoms with Crippen molar-refractivity contribution in [3.05, 3.63) is 11.8 Å². The molecule has 1 heterocycles. The summed E-state index contributed by atoms with van der Waals surface area (Å²) in [5, 5.41) is 15.0. The van der Waals surface area contributed by atoms with Crippen LogP contribution in [0, 0.1) is 0 Å². The molecule has 0 saturated carbocycles. The van der Waals surface area contributed by atoms with Crippen molar-refractivity contribution in [3.63, 3.8) is 0 Å². The van der Waals surface area contributed by atoms with Crippen molar-refractivity contribution in [1.29, 1.82) is 0 Å². The van der Waals surface area contributed by atoms with Gasteiger partial charge in [0.2, 0.25) is 10.0 Å². The number of nitrogens with two attached hydrogens (primary N) is 1. The van der Waals surface area contributed by atoms with E-state index in [0.717, 1.165) is 6.26 Å². The molecule has 0 radical (unpaired) electrons. The number of sulfonamides is 1.